The summed E-state index contributed by atoms with van der Waals surface area (Å²) in [4.78, 5) is 2.49. The van der Waals surface area contributed by atoms with Gasteiger partial charge < -0.3 is 10.4 Å². The summed E-state index contributed by atoms with van der Waals surface area (Å²) in [6.45, 7) is 9.03. The van der Waals surface area contributed by atoms with Crippen LogP contribution in [0.25, 0.3) is 0 Å². The molecule has 1 fully saturated rings. The lowest BCUT2D eigenvalue weighted by Crippen LogP contribution is -2.47. The standard InChI is InChI=1S/C11H24N2O/c1-3-13(8-10(2)9-14)11-5-4-6-12-7-11/h10-12,14H,3-9H2,1-2H3. The minimum absolute atomic E-state index is 0.302. The van der Waals surface area contributed by atoms with Gasteiger partial charge in [-0.3, -0.25) is 4.90 Å². The fourth-order valence-electron chi connectivity index (χ4n) is 2.14. The number of hydrogen-bond acceptors (Lipinski definition) is 3. The minimum Gasteiger partial charge on any atom is -0.396 e. The molecule has 84 valence electrons. The Bertz CT molecular complexity index is 146. The second-order valence-electron chi connectivity index (χ2n) is 4.38. The molecule has 0 aromatic carbocycles. The van der Waals surface area contributed by atoms with E-state index in [0.29, 0.717) is 18.6 Å². The van der Waals surface area contributed by atoms with Crippen LogP contribution in [0.1, 0.15) is 26.7 Å². The van der Waals surface area contributed by atoms with Gasteiger partial charge in [0.2, 0.25) is 0 Å². The zero-order chi connectivity index (χ0) is 10.4. The van der Waals surface area contributed by atoms with E-state index in [4.69, 9.17) is 5.11 Å². The molecule has 1 aliphatic heterocycles. The molecule has 1 aliphatic rings. The van der Waals surface area contributed by atoms with Gasteiger partial charge >= 0.3 is 0 Å². The number of hydrogen-bond donors (Lipinski definition) is 2. The molecule has 1 saturated heterocycles. The molecule has 0 bridgehead atoms. The van der Waals surface area contributed by atoms with Gasteiger partial charge in [0.1, 0.15) is 0 Å². The van der Waals surface area contributed by atoms with Crippen LogP contribution in [0.2, 0.25) is 0 Å². The third kappa shape index (κ3) is 3.56. The third-order valence-electron chi connectivity index (χ3n) is 3.05. The van der Waals surface area contributed by atoms with Crippen molar-refractivity contribution in [3.05, 3.63) is 0 Å². The lowest BCUT2D eigenvalue weighted by Gasteiger charge is -2.35. The highest BCUT2D eigenvalue weighted by atomic mass is 16.3. The summed E-state index contributed by atoms with van der Waals surface area (Å²) >= 11 is 0. The molecule has 0 radical (unpaired) electrons. The van der Waals surface area contributed by atoms with E-state index in [0.717, 1.165) is 19.6 Å². The SMILES string of the molecule is CCN(CC(C)CO)C1CCCNC1. The summed E-state index contributed by atoms with van der Waals surface area (Å²) in [7, 11) is 0. The van der Waals surface area contributed by atoms with Gasteiger partial charge in [0.25, 0.3) is 0 Å². The van der Waals surface area contributed by atoms with Crippen LogP contribution in [0.3, 0.4) is 0 Å². The fraction of sp³-hybridized carbons (Fsp3) is 1.00. The average molecular weight is 200 g/mol. The summed E-state index contributed by atoms with van der Waals surface area (Å²) in [5.74, 6) is 0.400. The van der Waals surface area contributed by atoms with E-state index in [9.17, 15) is 0 Å². The molecule has 0 spiro atoms. The number of nitrogens with one attached hydrogen (secondary N) is 1. The van der Waals surface area contributed by atoms with Gasteiger partial charge in [-0.15, -0.1) is 0 Å². The lowest BCUT2D eigenvalue weighted by molar-refractivity contribution is 0.125. The van der Waals surface area contributed by atoms with Gasteiger partial charge in [0.15, 0.2) is 0 Å². The predicted octanol–water partition coefficient (Wildman–Crippen LogP) is 0.689. The van der Waals surface area contributed by atoms with Crippen molar-refractivity contribution in [2.24, 2.45) is 5.92 Å². The van der Waals surface area contributed by atoms with E-state index in [-0.39, 0.29) is 0 Å². The summed E-state index contributed by atoms with van der Waals surface area (Å²) in [5.41, 5.74) is 0. The van der Waals surface area contributed by atoms with Gasteiger partial charge in [-0.05, 0) is 31.8 Å². The number of piperidine rings is 1. The maximum atomic E-state index is 9.04. The molecule has 2 atom stereocenters. The average Bonchev–Trinajstić information content (AvgIpc) is 2.26. The Labute approximate surface area is 87.5 Å². The molecule has 2 N–H and O–H groups in total. The zero-order valence-corrected chi connectivity index (χ0v) is 9.50. The highest BCUT2D eigenvalue weighted by molar-refractivity contribution is 4.78. The summed E-state index contributed by atoms with van der Waals surface area (Å²) in [6.07, 6.45) is 2.59. The van der Waals surface area contributed by atoms with Gasteiger partial charge in [0, 0.05) is 25.7 Å². The molecule has 0 amide bonds. The summed E-state index contributed by atoms with van der Waals surface area (Å²) < 4.78 is 0. The van der Waals surface area contributed by atoms with Crippen LogP contribution in [0, 0.1) is 5.92 Å². The van der Waals surface area contributed by atoms with E-state index in [1.807, 2.05) is 0 Å². The molecular formula is C11H24N2O. The first-order valence-electron chi connectivity index (χ1n) is 5.83. The van der Waals surface area contributed by atoms with Crippen LogP contribution < -0.4 is 5.32 Å². The number of nitrogens with zero attached hydrogens (tertiary/aromatic N) is 1. The van der Waals surface area contributed by atoms with Gasteiger partial charge in [-0.25, -0.2) is 0 Å². The topological polar surface area (TPSA) is 35.5 Å². The molecule has 0 saturated carbocycles. The molecular weight excluding hydrogens is 176 g/mol. The fourth-order valence-corrected chi connectivity index (χ4v) is 2.14. The Morgan fingerprint density at radius 3 is 2.86 bits per heavy atom. The molecule has 3 nitrogen and oxygen atoms in total. The smallest absolute Gasteiger partial charge is 0.0468 e. The zero-order valence-electron chi connectivity index (χ0n) is 9.50. The normalized spacial score (nSPS) is 25.3. The van der Waals surface area contributed by atoms with Crippen LogP contribution >= 0.6 is 0 Å². The first-order chi connectivity index (χ1) is 6.77. The van der Waals surface area contributed by atoms with E-state index < -0.39 is 0 Å². The molecule has 0 aliphatic carbocycles. The van der Waals surface area contributed by atoms with Crippen molar-refractivity contribution in [2.45, 2.75) is 32.7 Å². The maximum absolute atomic E-state index is 9.04. The molecule has 2 unspecified atom stereocenters. The molecule has 3 heteroatoms. The number of likely N-dealkylation sites (N-methyl/N-ethyl adjacent to an activating group) is 1. The Hall–Kier alpha value is -0.120. The largest absolute Gasteiger partial charge is 0.396 e. The number of aliphatic hydroxyl groups excluding tert-OH is 1. The molecule has 0 aromatic rings. The van der Waals surface area contributed by atoms with Crippen molar-refractivity contribution < 1.29 is 5.11 Å². The summed E-state index contributed by atoms with van der Waals surface area (Å²) in [6, 6.07) is 0.683. The van der Waals surface area contributed by atoms with Crippen LogP contribution in [-0.4, -0.2) is 48.8 Å². The van der Waals surface area contributed by atoms with Crippen LogP contribution in [0.4, 0.5) is 0 Å². The van der Waals surface area contributed by atoms with E-state index >= 15 is 0 Å². The van der Waals surface area contributed by atoms with Gasteiger partial charge in [-0.1, -0.05) is 13.8 Å². The quantitative estimate of drug-likeness (QED) is 0.685. The highest BCUT2D eigenvalue weighted by Crippen LogP contribution is 2.11. The molecule has 14 heavy (non-hydrogen) atoms. The van der Waals surface area contributed by atoms with Gasteiger partial charge in [0.05, 0.1) is 0 Å². The van der Waals surface area contributed by atoms with Crippen molar-refractivity contribution in [2.75, 3.05) is 32.8 Å². The number of aliphatic hydroxyl groups is 1. The predicted molar refractivity (Wildman–Crippen MR) is 59.4 cm³/mol. The minimum atomic E-state index is 0.302. The first-order valence-corrected chi connectivity index (χ1v) is 5.83. The molecule has 1 heterocycles. The Morgan fingerprint density at radius 1 is 1.57 bits per heavy atom. The molecule has 0 aromatic heterocycles. The monoisotopic (exact) mass is 200 g/mol. The second kappa shape index (κ2) is 6.38. The van der Waals surface area contributed by atoms with Crippen molar-refractivity contribution in [1.29, 1.82) is 0 Å². The van der Waals surface area contributed by atoms with E-state index in [2.05, 4.69) is 24.1 Å². The molecule has 1 rings (SSSR count). The van der Waals surface area contributed by atoms with E-state index in [1.54, 1.807) is 0 Å². The third-order valence-corrected chi connectivity index (χ3v) is 3.05. The van der Waals surface area contributed by atoms with Crippen molar-refractivity contribution in [3.63, 3.8) is 0 Å². The van der Waals surface area contributed by atoms with Crippen molar-refractivity contribution in [3.8, 4) is 0 Å². The lowest BCUT2D eigenvalue weighted by atomic mass is 10.0. The Balaban J connectivity index is 2.35. The van der Waals surface area contributed by atoms with Crippen molar-refractivity contribution >= 4 is 0 Å². The highest BCUT2D eigenvalue weighted by Gasteiger charge is 2.20. The van der Waals surface area contributed by atoms with Gasteiger partial charge in [-0.2, -0.15) is 0 Å². The first kappa shape index (κ1) is 12.0. The summed E-state index contributed by atoms with van der Waals surface area (Å²) in [5, 5.41) is 12.5. The Morgan fingerprint density at radius 2 is 2.36 bits per heavy atom. The number of rotatable bonds is 5. The Kier molecular flexibility index (Phi) is 5.45. The second-order valence-corrected chi connectivity index (χ2v) is 4.38. The van der Waals surface area contributed by atoms with Crippen LogP contribution in [-0.2, 0) is 0 Å². The van der Waals surface area contributed by atoms with Crippen LogP contribution in [0.15, 0.2) is 0 Å². The maximum Gasteiger partial charge on any atom is 0.0468 e. The van der Waals surface area contributed by atoms with Crippen LogP contribution in [0.5, 0.6) is 0 Å². The van der Waals surface area contributed by atoms with E-state index in [1.165, 1.54) is 19.4 Å². The van der Waals surface area contributed by atoms with Crippen molar-refractivity contribution in [1.82, 2.24) is 10.2 Å².